The zero-order valence-electron chi connectivity index (χ0n) is 12.2. The van der Waals surface area contributed by atoms with Crippen molar-refractivity contribution in [2.24, 2.45) is 0 Å². The van der Waals surface area contributed by atoms with Gasteiger partial charge in [-0.25, -0.2) is 0 Å². The molecule has 0 radical (unpaired) electrons. The van der Waals surface area contributed by atoms with Crippen LogP contribution in [0.5, 0.6) is 11.5 Å². The van der Waals surface area contributed by atoms with Gasteiger partial charge in [-0.15, -0.1) is 11.8 Å². The molecule has 0 bridgehead atoms. The van der Waals surface area contributed by atoms with Gasteiger partial charge in [-0.3, -0.25) is 0 Å². The molecular formula is C16H23NO2. The maximum atomic E-state index is 5.32. The smallest absolute Gasteiger partial charge is 0.160 e. The number of hydrogen-bond acceptors (Lipinski definition) is 3. The molecule has 0 aliphatic rings. The van der Waals surface area contributed by atoms with Crippen molar-refractivity contribution in [1.29, 1.82) is 0 Å². The van der Waals surface area contributed by atoms with Gasteiger partial charge in [0.05, 0.1) is 14.2 Å². The summed E-state index contributed by atoms with van der Waals surface area (Å²) in [6.45, 7) is 1.88. The van der Waals surface area contributed by atoms with E-state index in [4.69, 9.17) is 9.47 Å². The number of hydrogen-bond donors (Lipinski definition) is 1. The molecule has 0 aliphatic heterocycles. The second-order valence-corrected chi connectivity index (χ2v) is 4.34. The van der Waals surface area contributed by atoms with Gasteiger partial charge in [0, 0.05) is 12.5 Å². The maximum absolute atomic E-state index is 5.32. The van der Waals surface area contributed by atoms with E-state index >= 15 is 0 Å². The van der Waals surface area contributed by atoms with Crippen molar-refractivity contribution >= 4 is 0 Å². The standard InChI is InChI=1S/C16H23NO2/c1-5-6-7-8-14(17-2)11-13-9-10-15(18-3)16(12-13)19-4/h9-10,12,14,17H,7-8,11H2,1-4H3. The highest BCUT2D eigenvalue weighted by molar-refractivity contribution is 5.43. The van der Waals surface area contributed by atoms with Gasteiger partial charge in [0.2, 0.25) is 0 Å². The molecule has 3 heteroatoms. The minimum atomic E-state index is 0.430. The van der Waals surface area contributed by atoms with Crippen molar-refractivity contribution in [2.75, 3.05) is 21.3 Å². The number of ether oxygens (including phenoxy) is 2. The van der Waals surface area contributed by atoms with E-state index in [2.05, 4.69) is 23.2 Å². The van der Waals surface area contributed by atoms with Gasteiger partial charge in [-0.1, -0.05) is 6.07 Å². The summed E-state index contributed by atoms with van der Waals surface area (Å²) < 4.78 is 10.6. The van der Waals surface area contributed by atoms with Gasteiger partial charge >= 0.3 is 0 Å². The van der Waals surface area contributed by atoms with Crippen molar-refractivity contribution in [3.63, 3.8) is 0 Å². The Balaban J connectivity index is 2.70. The third kappa shape index (κ3) is 4.84. The minimum Gasteiger partial charge on any atom is -0.493 e. The highest BCUT2D eigenvalue weighted by Gasteiger charge is 2.09. The fourth-order valence-corrected chi connectivity index (χ4v) is 2.01. The Labute approximate surface area is 116 Å². The summed E-state index contributed by atoms with van der Waals surface area (Å²) in [5.74, 6) is 7.58. The lowest BCUT2D eigenvalue weighted by Crippen LogP contribution is -2.27. The molecule has 1 rings (SSSR count). The van der Waals surface area contributed by atoms with Crippen LogP contribution in [0.4, 0.5) is 0 Å². The monoisotopic (exact) mass is 261 g/mol. The van der Waals surface area contributed by atoms with E-state index in [-0.39, 0.29) is 0 Å². The Bertz CT molecular complexity index is 446. The van der Waals surface area contributed by atoms with Crippen molar-refractivity contribution < 1.29 is 9.47 Å². The van der Waals surface area contributed by atoms with Crippen LogP contribution in [0.15, 0.2) is 18.2 Å². The molecule has 0 spiro atoms. The largest absolute Gasteiger partial charge is 0.493 e. The van der Waals surface area contributed by atoms with Crippen molar-refractivity contribution in [1.82, 2.24) is 5.32 Å². The number of benzene rings is 1. The third-order valence-electron chi connectivity index (χ3n) is 3.13. The molecule has 0 saturated carbocycles. The van der Waals surface area contributed by atoms with Crippen LogP contribution in [0.25, 0.3) is 0 Å². The molecule has 1 atom stereocenters. The zero-order valence-corrected chi connectivity index (χ0v) is 12.2. The van der Waals surface area contributed by atoms with Crippen LogP contribution in [0, 0.1) is 11.8 Å². The molecule has 0 amide bonds. The van der Waals surface area contributed by atoms with Gasteiger partial charge < -0.3 is 14.8 Å². The van der Waals surface area contributed by atoms with Crippen LogP contribution < -0.4 is 14.8 Å². The van der Waals surface area contributed by atoms with Crippen LogP contribution in [0.2, 0.25) is 0 Å². The number of methoxy groups -OCH3 is 2. The van der Waals surface area contributed by atoms with Crippen molar-refractivity contribution in [3.05, 3.63) is 23.8 Å². The number of likely N-dealkylation sites (N-methyl/N-ethyl adjacent to an activating group) is 1. The average molecular weight is 261 g/mol. The minimum absolute atomic E-state index is 0.430. The van der Waals surface area contributed by atoms with E-state index in [1.807, 2.05) is 26.1 Å². The van der Waals surface area contributed by atoms with E-state index in [0.29, 0.717) is 6.04 Å². The van der Waals surface area contributed by atoms with Crippen LogP contribution in [0.1, 0.15) is 25.3 Å². The summed E-state index contributed by atoms with van der Waals surface area (Å²) >= 11 is 0. The summed E-state index contributed by atoms with van der Waals surface area (Å²) in [6, 6.07) is 6.50. The molecule has 104 valence electrons. The molecule has 0 saturated heterocycles. The van der Waals surface area contributed by atoms with Gasteiger partial charge in [0.1, 0.15) is 0 Å². The number of nitrogens with one attached hydrogen (secondary N) is 1. The summed E-state index contributed by atoms with van der Waals surface area (Å²) in [5.41, 5.74) is 1.24. The van der Waals surface area contributed by atoms with Crippen LogP contribution >= 0.6 is 0 Å². The molecule has 3 nitrogen and oxygen atoms in total. The Kier molecular flexibility index (Phi) is 6.84. The maximum Gasteiger partial charge on any atom is 0.160 e. The molecule has 1 aromatic rings. The zero-order chi connectivity index (χ0) is 14.1. The second kappa shape index (κ2) is 8.44. The van der Waals surface area contributed by atoms with Gasteiger partial charge in [-0.05, 0) is 44.5 Å². The van der Waals surface area contributed by atoms with Crippen LogP contribution in [-0.4, -0.2) is 27.3 Å². The summed E-state index contributed by atoms with van der Waals surface area (Å²) in [5, 5.41) is 3.34. The van der Waals surface area contributed by atoms with Gasteiger partial charge in [-0.2, -0.15) is 0 Å². The predicted octanol–water partition coefficient (Wildman–Crippen LogP) is 2.64. The van der Waals surface area contributed by atoms with Crippen LogP contribution in [-0.2, 0) is 6.42 Å². The van der Waals surface area contributed by atoms with E-state index in [1.165, 1.54) is 5.56 Å². The quantitative estimate of drug-likeness (QED) is 0.765. The SMILES string of the molecule is CC#CCCC(Cc1ccc(OC)c(OC)c1)NC. The molecule has 0 aliphatic carbocycles. The molecule has 1 N–H and O–H groups in total. The van der Waals surface area contributed by atoms with Crippen molar-refractivity contribution in [3.8, 4) is 23.3 Å². The second-order valence-electron chi connectivity index (χ2n) is 4.34. The van der Waals surface area contributed by atoms with E-state index < -0.39 is 0 Å². The molecule has 1 aromatic carbocycles. The Morgan fingerprint density at radius 1 is 1.21 bits per heavy atom. The first-order chi connectivity index (χ1) is 9.24. The Hall–Kier alpha value is -1.66. The lowest BCUT2D eigenvalue weighted by molar-refractivity contribution is 0.354. The third-order valence-corrected chi connectivity index (χ3v) is 3.13. The van der Waals surface area contributed by atoms with Crippen LogP contribution in [0.3, 0.4) is 0 Å². The van der Waals surface area contributed by atoms with Crippen molar-refractivity contribution in [2.45, 2.75) is 32.2 Å². The molecule has 0 aromatic heterocycles. The Morgan fingerprint density at radius 2 is 1.95 bits per heavy atom. The normalized spacial score (nSPS) is 11.4. The first-order valence-electron chi connectivity index (χ1n) is 6.53. The van der Waals surface area contributed by atoms with E-state index in [1.54, 1.807) is 14.2 Å². The summed E-state index contributed by atoms with van der Waals surface area (Å²) in [6.07, 6.45) is 2.93. The van der Waals surface area contributed by atoms with Gasteiger partial charge in [0.15, 0.2) is 11.5 Å². The first-order valence-corrected chi connectivity index (χ1v) is 6.53. The molecule has 0 heterocycles. The summed E-state index contributed by atoms with van der Waals surface area (Å²) in [4.78, 5) is 0. The fraction of sp³-hybridized carbons (Fsp3) is 0.500. The van der Waals surface area contributed by atoms with E-state index in [0.717, 1.165) is 30.8 Å². The topological polar surface area (TPSA) is 30.5 Å². The highest BCUT2D eigenvalue weighted by atomic mass is 16.5. The average Bonchev–Trinajstić information content (AvgIpc) is 2.46. The lowest BCUT2D eigenvalue weighted by Gasteiger charge is -2.16. The molecular weight excluding hydrogens is 238 g/mol. The highest BCUT2D eigenvalue weighted by Crippen LogP contribution is 2.28. The molecule has 1 unspecified atom stereocenters. The Morgan fingerprint density at radius 3 is 2.53 bits per heavy atom. The number of rotatable bonds is 7. The first kappa shape index (κ1) is 15.4. The fourth-order valence-electron chi connectivity index (χ4n) is 2.01. The lowest BCUT2D eigenvalue weighted by atomic mass is 10.0. The predicted molar refractivity (Wildman–Crippen MR) is 78.8 cm³/mol. The van der Waals surface area contributed by atoms with E-state index in [9.17, 15) is 0 Å². The summed E-state index contributed by atoms with van der Waals surface area (Å²) in [7, 11) is 5.30. The molecule has 0 fully saturated rings. The molecule has 19 heavy (non-hydrogen) atoms. The van der Waals surface area contributed by atoms with Gasteiger partial charge in [0.25, 0.3) is 0 Å².